The van der Waals surface area contributed by atoms with E-state index in [4.69, 9.17) is 9.84 Å². The highest BCUT2D eigenvalue weighted by molar-refractivity contribution is 5.87. The second-order valence-electron chi connectivity index (χ2n) is 4.15. The minimum atomic E-state index is -0.944. The van der Waals surface area contributed by atoms with Gasteiger partial charge >= 0.3 is 5.97 Å². The van der Waals surface area contributed by atoms with Gasteiger partial charge in [-0.25, -0.2) is 4.79 Å². The largest absolute Gasteiger partial charge is 0.494 e. The molecule has 2 aromatic rings. The number of hydrogen-bond donors (Lipinski definition) is 1. The summed E-state index contributed by atoms with van der Waals surface area (Å²) in [6.07, 6.45) is 5.35. The third kappa shape index (κ3) is 4.10. The van der Waals surface area contributed by atoms with Crippen molar-refractivity contribution in [3.8, 4) is 5.75 Å². The fraction of sp³-hybridized carbons (Fsp3) is 0.200. The molecule has 0 fully saturated rings. The molecule has 2 rings (SSSR count). The summed E-state index contributed by atoms with van der Waals surface area (Å²) in [5.74, 6) is -0.355. The van der Waals surface area contributed by atoms with Gasteiger partial charge in [-0.05, 0) is 42.7 Å². The third-order valence-electron chi connectivity index (χ3n) is 2.68. The lowest BCUT2D eigenvalue weighted by Crippen LogP contribution is -2.01. The van der Waals surface area contributed by atoms with Crippen LogP contribution in [0.5, 0.6) is 5.75 Å². The second-order valence-corrected chi connectivity index (χ2v) is 4.15. The number of carboxylic acid groups (broad SMARTS) is 1. The SMILES string of the molecule is O=C(O)c1cccc(OCCCc2cccnc2)c1. The number of aromatic carboxylic acids is 1. The van der Waals surface area contributed by atoms with Crippen molar-refractivity contribution in [3.63, 3.8) is 0 Å². The van der Waals surface area contributed by atoms with Crippen molar-refractivity contribution in [1.82, 2.24) is 4.98 Å². The zero-order chi connectivity index (χ0) is 13.5. The Hall–Kier alpha value is -2.36. The molecule has 0 spiro atoms. The predicted molar refractivity (Wildman–Crippen MR) is 71.5 cm³/mol. The van der Waals surface area contributed by atoms with Gasteiger partial charge in [0.1, 0.15) is 5.75 Å². The van der Waals surface area contributed by atoms with Crippen molar-refractivity contribution in [2.75, 3.05) is 6.61 Å². The average Bonchev–Trinajstić information content (AvgIpc) is 2.45. The first-order valence-corrected chi connectivity index (χ1v) is 6.11. The van der Waals surface area contributed by atoms with Gasteiger partial charge in [0.2, 0.25) is 0 Å². The van der Waals surface area contributed by atoms with Crippen molar-refractivity contribution in [2.45, 2.75) is 12.8 Å². The van der Waals surface area contributed by atoms with E-state index in [1.807, 2.05) is 18.3 Å². The molecule has 0 aliphatic rings. The van der Waals surface area contributed by atoms with Crippen LogP contribution in [-0.4, -0.2) is 22.7 Å². The second kappa shape index (κ2) is 6.54. The summed E-state index contributed by atoms with van der Waals surface area (Å²) in [6.45, 7) is 0.554. The summed E-state index contributed by atoms with van der Waals surface area (Å²) >= 11 is 0. The van der Waals surface area contributed by atoms with Crippen LogP contribution in [-0.2, 0) is 6.42 Å². The van der Waals surface area contributed by atoms with Crippen LogP contribution in [0.2, 0.25) is 0 Å². The van der Waals surface area contributed by atoms with Gasteiger partial charge in [0, 0.05) is 12.4 Å². The van der Waals surface area contributed by atoms with Crippen LogP contribution < -0.4 is 4.74 Å². The smallest absolute Gasteiger partial charge is 0.335 e. The van der Waals surface area contributed by atoms with Crippen molar-refractivity contribution >= 4 is 5.97 Å². The molecule has 19 heavy (non-hydrogen) atoms. The molecule has 1 N–H and O–H groups in total. The standard InChI is InChI=1S/C15H15NO3/c17-15(18)13-6-1-7-14(10-13)19-9-3-5-12-4-2-8-16-11-12/h1-2,4,6-8,10-11H,3,5,9H2,(H,17,18). The molecule has 1 aromatic heterocycles. The topological polar surface area (TPSA) is 59.4 Å². The maximum absolute atomic E-state index is 10.8. The van der Waals surface area contributed by atoms with Crippen LogP contribution >= 0.6 is 0 Å². The maximum Gasteiger partial charge on any atom is 0.335 e. The zero-order valence-corrected chi connectivity index (χ0v) is 10.5. The minimum Gasteiger partial charge on any atom is -0.494 e. The molecule has 1 heterocycles. The van der Waals surface area contributed by atoms with Crippen molar-refractivity contribution < 1.29 is 14.6 Å². The number of nitrogens with zero attached hydrogens (tertiary/aromatic N) is 1. The Labute approximate surface area is 111 Å². The summed E-state index contributed by atoms with van der Waals surface area (Å²) in [6, 6.07) is 10.5. The van der Waals surface area contributed by atoms with E-state index in [1.165, 1.54) is 11.6 Å². The molecular weight excluding hydrogens is 242 g/mol. The molecule has 4 heteroatoms. The van der Waals surface area contributed by atoms with Crippen LogP contribution in [0.15, 0.2) is 48.8 Å². The van der Waals surface area contributed by atoms with Gasteiger partial charge in [-0.3, -0.25) is 4.98 Å². The molecule has 98 valence electrons. The van der Waals surface area contributed by atoms with E-state index < -0.39 is 5.97 Å². The number of carbonyl (C=O) groups is 1. The monoisotopic (exact) mass is 257 g/mol. The Balaban J connectivity index is 1.80. The number of ether oxygens (including phenoxy) is 1. The molecule has 0 aliphatic heterocycles. The Kier molecular flexibility index (Phi) is 4.50. The fourth-order valence-corrected chi connectivity index (χ4v) is 1.73. The van der Waals surface area contributed by atoms with Crippen molar-refractivity contribution in [2.24, 2.45) is 0 Å². The molecule has 0 saturated heterocycles. The average molecular weight is 257 g/mol. The first-order chi connectivity index (χ1) is 9.25. The third-order valence-corrected chi connectivity index (χ3v) is 2.68. The zero-order valence-electron chi connectivity index (χ0n) is 10.5. The van der Waals surface area contributed by atoms with E-state index in [0.717, 1.165) is 12.8 Å². The van der Waals surface area contributed by atoms with E-state index >= 15 is 0 Å². The normalized spacial score (nSPS) is 10.1. The minimum absolute atomic E-state index is 0.241. The highest BCUT2D eigenvalue weighted by Gasteiger charge is 2.03. The van der Waals surface area contributed by atoms with Gasteiger partial charge in [-0.2, -0.15) is 0 Å². The van der Waals surface area contributed by atoms with Gasteiger partial charge in [0.15, 0.2) is 0 Å². The molecule has 0 saturated carbocycles. The van der Waals surface area contributed by atoms with Crippen LogP contribution in [0.4, 0.5) is 0 Å². The molecule has 0 bridgehead atoms. The lowest BCUT2D eigenvalue weighted by molar-refractivity contribution is 0.0696. The Morgan fingerprint density at radius 2 is 2.16 bits per heavy atom. The summed E-state index contributed by atoms with van der Waals surface area (Å²) in [7, 11) is 0. The number of hydrogen-bond acceptors (Lipinski definition) is 3. The molecule has 0 atom stereocenters. The first-order valence-electron chi connectivity index (χ1n) is 6.11. The molecular formula is C15H15NO3. The van der Waals surface area contributed by atoms with E-state index in [1.54, 1.807) is 24.4 Å². The Morgan fingerprint density at radius 3 is 2.89 bits per heavy atom. The van der Waals surface area contributed by atoms with Gasteiger partial charge in [-0.15, -0.1) is 0 Å². The van der Waals surface area contributed by atoms with E-state index in [9.17, 15) is 4.79 Å². The number of aromatic nitrogens is 1. The summed E-state index contributed by atoms with van der Waals surface area (Å²) < 4.78 is 5.53. The number of pyridine rings is 1. The molecule has 0 amide bonds. The van der Waals surface area contributed by atoms with E-state index in [-0.39, 0.29) is 5.56 Å². The molecule has 0 aliphatic carbocycles. The number of benzene rings is 1. The van der Waals surface area contributed by atoms with Crippen molar-refractivity contribution in [3.05, 3.63) is 59.9 Å². The quantitative estimate of drug-likeness (QED) is 0.808. The lowest BCUT2D eigenvalue weighted by atomic mass is 10.2. The van der Waals surface area contributed by atoms with E-state index in [0.29, 0.717) is 12.4 Å². The molecule has 0 unspecified atom stereocenters. The first kappa shape index (κ1) is 13.1. The summed E-state index contributed by atoms with van der Waals surface area (Å²) in [4.78, 5) is 14.9. The molecule has 4 nitrogen and oxygen atoms in total. The van der Waals surface area contributed by atoms with Gasteiger partial charge in [0.05, 0.1) is 12.2 Å². The van der Waals surface area contributed by atoms with E-state index in [2.05, 4.69) is 4.98 Å². The van der Waals surface area contributed by atoms with Gasteiger partial charge in [-0.1, -0.05) is 12.1 Å². The highest BCUT2D eigenvalue weighted by Crippen LogP contribution is 2.13. The van der Waals surface area contributed by atoms with Gasteiger partial charge in [0.25, 0.3) is 0 Å². The highest BCUT2D eigenvalue weighted by atomic mass is 16.5. The maximum atomic E-state index is 10.8. The fourth-order valence-electron chi connectivity index (χ4n) is 1.73. The Morgan fingerprint density at radius 1 is 1.26 bits per heavy atom. The van der Waals surface area contributed by atoms with Crippen LogP contribution in [0.3, 0.4) is 0 Å². The lowest BCUT2D eigenvalue weighted by Gasteiger charge is -2.06. The van der Waals surface area contributed by atoms with Gasteiger partial charge < -0.3 is 9.84 Å². The number of rotatable bonds is 6. The van der Waals surface area contributed by atoms with Crippen molar-refractivity contribution in [1.29, 1.82) is 0 Å². The predicted octanol–water partition coefficient (Wildman–Crippen LogP) is 2.79. The van der Waals surface area contributed by atoms with Crippen LogP contribution in [0.25, 0.3) is 0 Å². The van der Waals surface area contributed by atoms with Crippen LogP contribution in [0, 0.1) is 0 Å². The summed E-state index contributed by atoms with van der Waals surface area (Å²) in [5.41, 5.74) is 1.41. The Bertz CT molecular complexity index is 540. The number of carboxylic acids is 1. The van der Waals surface area contributed by atoms with Crippen LogP contribution in [0.1, 0.15) is 22.3 Å². The number of aryl methyl sites for hydroxylation is 1. The molecule has 0 radical (unpaired) electrons. The summed E-state index contributed by atoms with van der Waals surface area (Å²) in [5, 5.41) is 8.87. The molecule has 1 aromatic carbocycles.